The third kappa shape index (κ3) is 7.01. The van der Waals surface area contributed by atoms with Crippen LogP contribution in [0.2, 0.25) is 0 Å². The Morgan fingerprint density at radius 2 is 1.60 bits per heavy atom. The summed E-state index contributed by atoms with van der Waals surface area (Å²) in [6.45, 7) is 1.45. The van der Waals surface area contributed by atoms with Gasteiger partial charge in [0.2, 0.25) is 0 Å². The van der Waals surface area contributed by atoms with Crippen molar-refractivity contribution < 1.29 is 35.5 Å². The van der Waals surface area contributed by atoms with Crippen molar-refractivity contribution in [2.24, 2.45) is 0 Å². The minimum atomic E-state index is -4.83. The maximum absolute atomic E-state index is 13.0. The number of ether oxygens (including phenoxy) is 1. The van der Waals surface area contributed by atoms with E-state index in [0.717, 1.165) is 62.9 Å². The van der Waals surface area contributed by atoms with Crippen LogP contribution in [0.15, 0.2) is 59.1 Å². The van der Waals surface area contributed by atoms with Gasteiger partial charge < -0.3 is 24.7 Å². The molecule has 2 N–H and O–H groups in total. The number of nitrogens with zero attached hydrogens (tertiary/aromatic N) is 2. The highest BCUT2D eigenvalue weighted by molar-refractivity contribution is 5.65. The van der Waals surface area contributed by atoms with Crippen LogP contribution in [-0.2, 0) is 6.18 Å². The average Bonchev–Trinajstić information content (AvgIpc) is 3.37. The Morgan fingerprint density at radius 3 is 2.33 bits per heavy atom. The molecular formula is C28H30F6N4O2. The topological polar surface area (TPSA) is 62.6 Å². The van der Waals surface area contributed by atoms with Crippen molar-refractivity contribution in [3.63, 3.8) is 0 Å². The number of alkyl halides is 6. The zero-order chi connectivity index (χ0) is 28.3. The molecule has 0 spiro atoms. The van der Waals surface area contributed by atoms with Crippen molar-refractivity contribution in [1.29, 1.82) is 0 Å². The third-order valence-electron chi connectivity index (χ3n) is 7.39. The molecule has 0 amide bonds. The Kier molecular flexibility index (Phi) is 8.16. The molecule has 3 aromatic rings. The molecule has 0 bridgehead atoms. The molecule has 12 heteroatoms. The number of hydrogen-bond donors (Lipinski definition) is 2. The molecule has 2 aromatic carbocycles. The van der Waals surface area contributed by atoms with Crippen molar-refractivity contribution in [2.45, 2.75) is 69.2 Å². The highest BCUT2D eigenvalue weighted by Crippen LogP contribution is 2.35. The number of benzene rings is 2. The molecule has 5 rings (SSSR count). The van der Waals surface area contributed by atoms with E-state index >= 15 is 0 Å². The fourth-order valence-corrected chi connectivity index (χ4v) is 5.52. The molecule has 2 fully saturated rings. The Labute approximate surface area is 227 Å². The molecule has 1 aliphatic heterocycles. The summed E-state index contributed by atoms with van der Waals surface area (Å²) < 4.78 is 87.3. The van der Waals surface area contributed by atoms with Crippen LogP contribution in [0.1, 0.15) is 44.1 Å². The van der Waals surface area contributed by atoms with Crippen molar-refractivity contribution in [3.8, 4) is 17.1 Å². The Morgan fingerprint density at radius 1 is 0.875 bits per heavy atom. The van der Waals surface area contributed by atoms with Gasteiger partial charge in [-0.05, 0) is 62.1 Å². The lowest BCUT2D eigenvalue weighted by Gasteiger charge is -2.40. The smallest absolute Gasteiger partial charge is 0.423 e. The summed E-state index contributed by atoms with van der Waals surface area (Å²) in [4.78, 5) is 6.36. The number of nitrogens with one attached hydrogen (secondary N) is 2. The van der Waals surface area contributed by atoms with E-state index in [4.69, 9.17) is 4.42 Å². The predicted molar refractivity (Wildman–Crippen MR) is 138 cm³/mol. The van der Waals surface area contributed by atoms with Crippen LogP contribution in [-0.4, -0.2) is 42.6 Å². The van der Waals surface area contributed by atoms with E-state index in [9.17, 15) is 26.3 Å². The fraction of sp³-hybridized carbons (Fsp3) is 0.464. The molecule has 3 unspecified atom stereocenters. The molecule has 6 nitrogen and oxygen atoms in total. The Hall–Kier alpha value is -3.41. The largest absolute Gasteiger partial charge is 0.573 e. The maximum Gasteiger partial charge on any atom is 0.573 e. The molecule has 2 heterocycles. The summed E-state index contributed by atoms with van der Waals surface area (Å²) >= 11 is 0. The first kappa shape index (κ1) is 28.1. The van der Waals surface area contributed by atoms with Gasteiger partial charge in [-0.25, -0.2) is 4.98 Å². The quantitative estimate of drug-likeness (QED) is 0.293. The summed E-state index contributed by atoms with van der Waals surface area (Å²) in [5.41, 5.74) is 0.245. The number of hydrogen-bond acceptors (Lipinski definition) is 6. The monoisotopic (exact) mass is 568 g/mol. The average molecular weight is 569 g/mol. The number of oxazole rings is 1. The van der Waals surface area contributed by atoms with Crippen molar-refractivity contribution in [2.75, 3.05) is 23.3 Å². The standard InChI is InChI=1S/C28H30F6N4O2/c29-27(30,31)18-11-13-20(14-12-18)38-15-5-6-19(17-38)36-22-8-2-3-9-23(22)37-26-35-16-25(39-26)21-7-1-4-10-24(21)40-28(32,33)34/h1,4,7,10-14,16,19,22-23,36H,2-3,5-6,8-9,15,17H2,(H,35,37). The zero-order valence-electron chi connectivity index (χ0n) is 21.6. The van der Waals surface area contributed by atoms with Crippen molar-refractivity contribution in [3.05, 3.63) is 60.3 Å². The van der Waals surface area contributed by atoms with Gasteiger partial charge in [0.1, 0.15) is 5.75 Å². The van der Waals surface area contributed by atoms with E-state index < -0.39 is 18.1 Å². The summed E-state index contributed by atoms with van der Waals surface area (Å²) in [5, 5.41) is 7.06. The molecule has 0 radical (unpaired) electrons. The SMILES string of the molecule is FC(F)(F)Oc1ccccc1-c1cnc(NC2CCCCC2NC2CCCN(c3ccc(C(F)(F)F)cc3)C2)o1. The molecule has 1 aliphatic carbocycles. The van der Waals surface area contributed by atoms with E-state index in [1.54, 1.807) is 6.07 Å². The molecule has 3 atom stereocenters. The number of piperidine rings is 1. The lowest BCUT2D eigenvalue weighted by Crippen LogP contribution is -2.54. The highest BCUT2D eigenvalue weighted by atomic mass is 19.4. The van der Waals surface area contributed by atoms with Gasteiger partial charge in [-0.15, -0.1) is 13.2 Å². The van der Waals surface area contributed by atoms with Crippen LogP contribution in [0.4, 0.5) is 38.0 Å². The van der Waals surface area contributed by atoms with E-state index in [2.05, 4.69) is 25.3 Å². The van der Waals surface area contributed by atoms with Gasteiger partial charge in [-0.3, -0.25) is 0 Å². The van der Waals surface area contributed by atoms with Gasteiger partial charge in [-0.1, -0.05) is 25.0 Å². The van der Waals surface area contributed by atoms with E-state index in [-0.39, 0.29) is 41.2 Å². The van der Waals surface area contributed by atoms with Crippen molar-refractivity contribution >= 4 is 11.7 Å². The number of aromatic nitrogens is 1. The number of halogens is 6. The van der Waals surface area contributed by atoms with Gasteiger partial charge in [0.05, 0.1) is 17.3 Å². The first-order chi connectivity index (χ1) is 19.0. The number of rotatable bonds is 7. The second-order valence-corrected chi connectivity index (χ2v) is 10.2. The predicted octanol–water partition coefficient (Wildman–Crippen LogP) is 7.24. The summed E-state index contributed by atoms with van der Waals surface area (Å²) in [6, 6.07) is 11.5. The first-order valence-corrected chi connectivity index (χ1v) is 13.3. The highest BCUT2D eigenvalue weighted by Gasteiger charge is 2.34. The van der Waals surface area contributed by atoms with Gasteiger partial charge >= 0.3 is 12.5 Å². The Bertz CT molecular complexity index is 1260. The molecule has 2 aliphatic rings. The van der Waals surface area contributed by atoms with E-state index in [1.807, 2.05) is 0 Å². The summed E-state index contributed by atoms with van der Waals surface area (Å²) in [5.74, 6) is -0.216. The summed E-state index contributed by atoms with van der Waals surface area (Å²) in [6.07, 6.45) is -2.14. The first-order valence-electron chi connectivity index (χ1n) is 13.3. The lowest BCUT2D eigenvalue weighted by atomic mass is 9.89. The molecule has 40 heavy (non-hydrogen) atoms. The lowest BCUT2D eigenvalue weighted by molar-refractivity contribution is -0.274. The normalized spacial score (nSPS) is 22.2. The molecule has 1 aromatic heterocycles. The van der Waals surface area contributed by atoms with Crippen LogP contribution < -0.4 is 20.3 Å². The minimum Gasteiger partial charge on any atom is -0.423 e. The maximum atomic E-state index is 13.0. The fourth-order valence-electron chi connectivity index (χ4n) is 5.52. The molecule has 216 valence electrons. The number of anilines is 2. The second kappa shape index (κ2) is 11.6. The number of para-hydroxylation sites is 1. The van der Waals surface area contributed by atoms with Crippen LogP contribution in [0.5, 0.6) is 5.75 Å². The molecule has 1 saturated carbocycles. The van der Waals surface area contributed by atoms with Gasteiger partial charge in [0, 0.05) is 36.9 Å². The third-order valence-corrected chi connectivity index (χ3v) is 7.39. The van der Waals surface area contributed by atoms with E-state index in [1.165, 1.54) is 36.5 Å². The van der Waals surface area contributed by atoms with Crippen LogP contribution in [0.25, 0.3) is 11.3 Å². The minimum absolute atomic E-state index is 0.0108. The van der Waals surface area contributed by atoms with E-state index in [0.29, 0.717) is 6.54 Å². The summed E-state index contributed by atoms with van der Waals surface area (Å²) in [7, 11) is 0. The van der Waals surface area contributed by atoms with Crippen LogP contribution in [0, 0.1) is 0 Å². The zero-order valence-corrected chi connectivity index (χ0v) is 21.6. The van der Waals surface area contributed by atoms with Crippen LogP contribution in [0.3, 0.4) is 0 Å². The van der Waals surface area contributed by atoms with Gasteiger partial charge in [0.25, 0.3) is 6.01 Å². The Balaban J connectivity index is 1.23. The van der Waals surface area contributed by atoms with Gasteiger partial charge in [0.15, 0.2) is 5.76 Å². The molecular weight excluding hydrogens is 538 g/mol. The molecule has 1 saturated heterocycles. The van der Waals surface area contributed by atoms with Crippen LogP contribution >= 0.6 is 0 Å². The van der Waals surface area contributed by atoms with Gasteiger partial charge in [-0.2, -0.15) is 13.2 Å². The van der Waals surface area contributed by atoms with Crippen molar-refractivity contribution in [1.82, 2.24) is 10.3 Å². The second-order valence-electron chi connectivity index (χ2n) is 10.2.